The topological polar surface area (TPSA) is 27.7 Å². The van der Waals surface area contributed by atoms with Crippen LogP contribution in [0.4, 0.5) is 0 Å². The number of alkyl halides is 1. The van der Waals surface area contributed by atoms with Crippen LogP contribution in [0.15, 0.2) is 0 Å². The molecule has 0 radical (unpaired) electrons. The summed E-state index contributed by atoms with van der Waals surface area (Å²) in [5.41, 5.74) is 0. The molecule has 0 rings (SSSR count). The van der Waals surface area contributed by atoms with Gasteiger partial charge < -0.3 is 13.3 Å². The number of hydrogen-bond donors (Lipinski definition) is 0. The van der Waals surface area contributed by atoms with Gasteiger partial charge >= 0.3 is 8.80 Å². The molecule has 0 saturated heterocycles. The van der Waals surface area contributed by atoms with Crippen LogP contribution in [0.25, 0.3) is 0 Å². The molecule has 0 bridgehead atoms. The van der Waals surface area contributed by atoms with Gasteiger partial charge in [-0.25, -0.2) is 0 Å². The summed E-state index contributed by atoms with van der Waals surface area (Å²) in [6.07, 6.45) is 3.05. The zero-order valence-corrected chi connectivity index (χ0v) is 13.4. The van der Waals surface area contributed by atoms with Crippen LogP contribution in [-0.4, -0.2) is 34.0 Å². The van der Waals surface area contributed by atoms with Gasteiger partial charge in [-0.05, 0) is 33.6 Å². The molecule has 0 heterocycles. The summed E-state index contributed by atoms with van der Waals surface area (Å²) < 4.78 is 17.3. The number of halogens is 1. The Bertz CT molecular complexity index is 164. The van der Waals surface area contributed by atoms with E-state index in [-0.39, 0.29) is 5.38 Å². The van der Waals surface area contributed by atoms with E-state index in [4.69, 9.17) is 24.9 Å². The van der Waals surface area contributed by atoms with Crippen LogP contribution in [0.3, 0.4) is 0 Å². The predicted molar refractivity (Wildman–Crippen MR) is 74.6 cm³/mol. The minimum Gasteiger partial charge on any atom is -0.374 e. The Morgan fingerprint density at radius 3 is 1.71 bits per heavy atom. The fraction of sp³-hybridized carbons (Fsp3) is 1.00. The van der Waals surface area contributed by atoms with Crippen LogP contribution in [-0.2, 0) is 13.3 Å². The fourth-order valence-corrected chi connectivity index (χ4v) is 5.01. The molecule has 5 heteroatoms. The van der Waals surface area contributed by atoms with Crippen molar-refractivity contribution < 1.29 is 13.3 Å². The highest BCUT2D eigenvalue weighted by atomic mass is 35.5. The Balaban J connectivity index is 4.32. The summed E-state index contributed by atoms with van der Waals surface area (Å²) in [6, 6.07) is 0.816. The summed E-state index contributed by atoms with van der Waals surface area (Å²) in [5.74, 6) is 0. The molecule has 0 aromatic rings. The lowest BCUT2D eigenvalue weighted by Crippen LogP contribution is -2.46. The molecule has 17 heavy (non-hydrogen) atoms. The lowest BCUT2D eigenvalue weighted by atomic mass is 10.2. The molecule has 104 valence electrons. The van der Waals surface area contributed by atoms with Crippen molar-refractivity contribution in [2.45, 2.75) is 58.4 Å². The van der Waals surface area contributed by atoms with E-state index in [0.717, 1.165) is 25.3 Å². The van der Waals surface area contributed by atoms with E-state index >= 15 is 0 Å². The second-order valence-corrected chi connectivity index (χ2v) is 7.26. The second kappa shape index (κ2) is 10.3. The zero-order chi connectivity index (χ0) is 13.1. The molecule has 1 unspecified atom stereocenters. The van der Waals surface area contributed by atoms with Crippen LogP contribution in [0.2, 0.25) is 6.04 Å². The van der Waals surface area contributed by atoms with Gasteiger partial charge in [-0.3, -0.25) is 0 Å². The van der Waals surface area contributed by atoms with E-state index in [2.05, 4.69) is 6.92 Å². The summed E-state index contributed by atoms with van der Waals surface area (Å²) in [5, 5.41) is 0.202. The average molecular weight is 283 g/mol. The van der Waals surface area contributed by atoms with Crippen molar-refractivity contribution in [1.29, 1.82) is 0 Å². The van der Waals surface area contributed by atoms with Gasteiger partial charge in [0.1, 0.15) is 0 Å². The normalized spacial score (nSPS) is 13.9. The molecule has 0 aliphatic rings. The smallest absolute Gasteiger partial charge is 0.374 e. The Labute approximate surface area is 112 Å². The van der Waals surface area contributed by atoms with Crippen molar-refractivity contribution >= 4 is 20.4 Å². The molecule has 0 aromatic carbocycles. The van der Waals surface area contributed by atoms with E-state index < -0.39 is 8.80 Å². The Hall–Kier alpha value is 0.387. The van der Waals surface area contributed by atoms with Crippen molar-refractivity contribution in [2.24, 2.45) is 0 Å². The molecule has 0 N–H and O–H groups in total. The molecular formula is C12H27ClO3Si. The Morgan fingerprint density at radius 2 is 1.35 bits per heavy atom. The van der Waals surface area contributed by atoms with Crippen LogP contribution < -0.4 is 0 Å². The van der Waals surface area contributed by atoms with Crippen LogP contribution in [0.1, 0.15) is 47.0 Å². The van der Waals surface area contributed by atoms with Gasteiger partial charge in [0.25, 0.3) is 0 Å². The lowest BCUT2D eigenvalue weighted by molar-refractivity contribution is 0.0707. The summed E-state index contributed by atoms with van der Waals surface area (Å²) in [7, 11) is -2.47. The molecule has 0 fully saturated rings. The standard InChI is InChI=1S/C12H27ClO3Si/c1-5-9-12(13)10-11-17(14-6-2,15-7-3)16-8-4/h12H,5-11H2,1-4H3. The highest BCUT2D eigenvalue weighted by Crippen LogP contribution is 2.22. The molecule has 0 aliphatic heterocycles. The van der Waals surface area contributed by atoms with Gasteiger partial charge in [0.15, 0.2) is 0 Å². The number of rotatable bonds is 11. The minimum absolute atomic E-state index is 0.202. The third-order valence-corrected chi connectivity index (χ3v) is 5.98. The number of hydrogen-bond acceptors (Lipinski definition) is 3. The second-order valence-electron chi connectivity index (χ2n) is 3.91. The first-order valence-electron chi connectivity index (χ1n) is 6.70. The highest BCUT2D eigenvalue weighted by molar-refractivity contribution is 6.60. The van der Waals surface area contributed by atoms with E-state index in [1.165, 1.54) is 0 Å². The van der Waals surface area contributed by atoms with Gasteiger partial charge in [-0.2, -0.15) is 0 Å². The van der Waals surface area contributed by atoms with Crippen molar-refractivity contribution in [3.05, 3.63) is 0 Å². The third-order valence-electron chi connectivity index (χ3n) is 2.46. The quantitative estimate of drug-likeness (QED) is 0.426. The van der Waals surface area contributed by atoms with E-state index in [1.54, 1.807) is 0 Å². The molecule has 0 spiro atoms. The van der Waals surface area contributed by atoms with Crippen molar-refractivity contribution in [3.63, 3.8) is 0 Å². The van der Waals surface area contributed by atoms with Gasteiger partial charge in [-0.15, -0.1) is 11.6 Å². The first-order chi connectivity index (χ1) is 8.14. The van der Waals surface area contributed by atoms with Crippen molar-refractivity contribution in [3.8, 4) is 0 Å². The lowest BCUT2D eigenvalue weighted by Gasteiger charge is -2.29. The van der Waals surface area contributed by atoms with Crippen LogP contribution in [0, 0.1) is 0 Å². The summed E-state index contributed by atoms with van der Waals surface area (Å²) >= 11 is 6.24. The van der Waals surface area contributed by atoms with Gasteiger partial charge in [0.05, 0.1) is 0 Å². The van der Waals surface area contributed by atoms with Crippen molar-refractivity contribution in [2.75, 3.05) is 19.8 Å². The SMILES string of the molecule is CCCC(Cl)CC[Si](OCC)(OCC)OCC. The maximum Gasteiger partial charge on any atom is 0.500 e. The monoisotopic (exact) mass is 282 g/mol. The maximum atomic E-state index is 6.24. The molecular weight excluding hydrogens is 256 g/mol. The molecule has 0 saturated carbocycles. The largest absolute Gasteiger partial charge is 0.500 e. The fourth-order valence-electron chi connectivity index (χ4n) is 1.79. The summed E-state index contributed by atoms with van der Waals surface area (Å²) in [4.78, 5) is 0. The van der Waals surface area contributed by atoms with Crippen molar-refractivity contribution in [1.82, 2.24) is 0 Å². The molecule has 1 atom stereocenters. The molecule has 0 aromatic heterocycles. The Kier molecular flexibility index (Phi) is 10.6. The third kappa shape index (κ3) is 7.42. The first kappa shape index (κ1) is 17.4. The van der Waals surface area contributed by atoms with Crippen LogP contribution in [0.5, 0.6) is 0 Å². The van der Waals surface area contributed by atoms with E-state index in [9.17, 15) is 0 Å². The van der Waals surface area contributed by atoms with Gasteiger partial charge in [0, 0.05) is 31.2 Å². The molecule has 0 aliphatic carbocycles. The zero-order valence-electron chi connectivity index (χ0n) is 11.6. The molecule has 3 nitrogen and oxygen atoms in total. The van der Waals surface area contributed by atoms with E-state index in [1.807, 2.05) is 20.8 Å². The van der Waals surface area contributed by atoms with Gasteiger partial charge in [-0.1, -0.05) is 13.3 Å². The minimum atomic E-state index is -2.47. The highest BCUT2D eigenvalue weighted by Gasteiger charge is 2.40. The van der Waals surface area contributed by atoms with Gasteiger partial charge in [0.2, 0.25) is 0 Å². The first-order valence-corrected chi connectivity index (χ1v) is 9.06. The maximum absolute atomic E-state index is 6.24. The summed E-state index contributed by atoms with van der Waals surface area (Å²) in [6.45, 7) is 9.97. The van der Waals surface area contributed by atoms with E-state index in [0.29, 0.717) is 19.8 Å². The Morgan fingerprint density at radius 1 is 0.882 bits per heavy atom. The average Bonchev–Trinajstić information content (AvgIpc) is 2.28. The predicted octanol–water partition coefficient (Wildman–Crippen LogP) is 3.83. The van der Waals surface area contributed by atoms with Crippen LogP contribution >= 0.6 is 11.6 Å². The molecule has 0 amide bonds.